The molecule has 2 aromatic rings. The monoisotopic (exact) mass is 418 g/mol. The lowest BCUT2D eigenvalue weighted by Crippen LogP contribution is -2.49. The third kappa shape index (κ3) is 6.32. The van der Waals surface area contributed by atoms with Gasteiger partial charge in [0.2, 0.25) is 0 Å². The lowest BCUT2D eigenvalue weighted by atomic mass is 10.1. The molecule has 1 aliphatic rings. The number of aromatic nitrogens is 1. The van der Waals surface area contributed by atoms with E-state index in [0.29, 0.717) is 10.7 Å². The highest BCUT2D eigenvalue weighted by Crippen LogP contribution is 2.18. The summed E-state index contributed by atoms with van der Waals surface area (Å²) in [4.78, 5) is 25.5. The van der Waals surface area contributed by atoms with Crippen molar-refractivity contribution in [3.63, 3.8) is 0 Å². The molecule has 1 fully saturated rings. The number of hydrogen-bond acceptors (Lipinski definition) is 5. The number of carbonyl (C=O) groups is 2. The van der Waals surface area contributed by atoms with Gasteiger partial charge in [-0.25, -0.2) is 14.8 Å². The maximum atomic E-state index is 12.2. The summed E-state index contributed by atoms with van der Waals surface area (Å²) < 4.78 is 31.7. The first-order valence-corrected chi connectivity index (χ1v) is 8.62. The van der Waals surface area contributed by atoms with Crippen molar-refractivity contribution in [1.29, 1.82) is 0 Å². The number of aliphatic carboxylic acids is 1. The minimum absolute atomic E-state index is 0.192. The van der Waals surface area contributed by atoms with Crippen molar-refractivity contribution < 1.29 is 27.9 Å². The number of rotatable bonds is 2. The van der Waals surface area contributed by atoms with E-state index in [1.165, 1.54) is 0 Å². The lowest BCUT2D eigenvalue weighted by molar-refractivity contribution is -0.192. The van der Waals surface area contributed by atoms with Crippen molar-refractivity contribution in [1.82, 2.24) is 15.4 Å². The van der Waals surface area contributed by atoms with Crippen LogP contribution in [-0.4, -0.2) is 52.3 Å². The molecule has 4 N–H and O–H groups in total. The molecular formula is C17H18ClF3N4O3. The highest BCUT2D eigenvalue weighted by Gasteiger charge is 2.38. The second kappa shape index (κ2) is 9.18. The molecule has 152 valence electrons. The van der Waals surface area contributed by atoms with Crippen LogP contribution in [0.2, 0.25) is 5.02 Å². The van der Waals surface area contributed by atoms with Crippen LogP contribution in [0.3, 0.4) is 0 Å². The zero-order chi connectivity index (χ0) is 20.9. The smallest absolute Gasteiger partial charge is 0.475 e. The second-order valence-corrected chi connectivity index (χ2v) is 6.54. The maximum Gasteiger partial charge on any atom is 0.490 e. The molecule has 0 spiro atoms. The van der Waals surface area contributed by atoms with E-state index >= 15 is 0 Å². The van der Waals surface area contributed by atoms with Crippen LogP contribution in [-0.2, 0) is 4.79 Å². The van der Waals surface area contributed by atoms with Crippen LogP contribution in [0.4, 0.5) is 13.2 Å². The van der Waals surface area contributed by atoms with Gasteiger partial charge in [0.25, 0.3) is 5.91 Å². The normalized spacial score (nSPS) is 15.6. The third-order valence-electron chi connectivity index (χ3n) is 3.93. The summed E-state index contributed by atoms with van der Waals surface area (Å²) in [5.74, 6) is -2.95. The molecule has 0 bridgehead atoms. The Hall–Kier alpha value is -2.43. The van der Waals surface area contributed by atoms with Gasteiger partial charge in [0.15, 0.2) is 0 Å². The largest absolute Gasteiger partial charge is 0.490 e. The van der Waals surface area contributed by atoms with Crippen LogP contribution >= 0.6 is 11.6 Å². The van der Waals surface area contributed by atoms with E-state index in [1.54, 1.807) is 12.1 Å². The molecular weight excluding hydrogens is 401 g/mol. The van der Waals surface area contributed by atoms with Gasteiger partial charge in [0, 0.05) is 29.5 Å². The number of fused-ring (bicyclic) bond motifs is 1. The Kier molecular flexibility index (Phi) is 7.17. The molecule has 0 saturated carbocycles. The fourth-order valence-corrected chi connectivity index (χ4v) is 2.62. The number of benzene rings is 1. The molecule has 0 unspecified atom stereocenters. The number of piperidine rings is 1. The van der Waals surface area contributed by atoms with Gasteiger partial charge in [-0.05, 0) is 37.1 Å². The fourth-order valence-electron chi connectivity index (χ4n) is 2.44. The van der Waals surface area contributed by atoms with Gasteiger partial charge in [-0.3, -0.25) is 10.2 Å². The number of carboxylic acids is 1. The van der Waals surface area contributed by atoms with Crippen molar-refractivity contribution in [2.45, 2.75) is 25.1 Å². The summed E-state index contributed by atoms with van der Waals surface area (Å²) in [7, 11) is 0. The number of nitrogens with zero attached hydrogens (tertiary/aromatic N) is 2. The number of carbonyl (C=O) groups excluding carboxylic acids is 1. The number of alkyl halides is 3. The summed E-state index contributed by atoms with van der Waals surface area (Å²) in [6.07, 6.45) is -3.30. The first kappa shape index (κ1) is 21.9. The molecule has 28 heavy (non-hydrogen) atoms. The van der Waals surface area contributed by atoms with Crippen LogP contribution in [0.5, 0.6) is 0 Å². The number of hydrogen-bond donors (Lipinski definition) is 3. The SMILES string of the molecule is NC1CCN(NC(=O)c2ccc3cc(Cl)ccc3n2)CC1.O=C(O)C(F)(F)F. The molecule has 7 nitrogen and oxygen atoms in total. The van der Waals surface area contributed by atoms with Gasteiger partial charge in [-0.2, -0.15) is 13.2 Å². The topological polar surface area (TPSA) is 109 Å². The van der Waals surface area contributed by atoms with E-state index < -0.39 is 12.1 Å². The molecule has 0 radical (unpaired) electrons. The number of carboxylic acid groups (broad SMARTS) is 1. The number of hydrazine groups is 1. The minimum Gasteiger partial charge on any atom is -0.475 e. The Balaban J connectivity index is 0.000000345. The first-order chi connectivity index (χ1) is 13.1. The van der Waals surface area contributed by atoms with Crippen LogP contribution in [0.15, 0.2) is 30.3 Å². The van der Waals surface area contributed by atoms with Gasteiger partial charge in [0.05, 0.1) is 5.52 Å². The van der Waals surface area contributed by atoms with Crippen LogP contribution < -0.4 is 11.2 Å². The number of halogens is 4. The van der Waals surface area contributed by atoms with Crippen molar-refractivity contribution >= 4 is 34.4 Å². The molecule has 0 aliphatic carbocycles. The third-order valence-corrected chi connectivity index (χ3v) is 4.16. The fraction of sp³-hybridized carbons (Fsp3) is 0.353. The molecule has 3 rings (SSSR count). The van der Waals surface area contributed by atoms with Crippen molar-refractivity contribution in [2.75, 3.05) is 13.1 Å². The van der Waals surface area contributed by atoms with Gasteiger partial charge >= 0.3 is 12.1 Å². The number of nitrogens with one attached hydrogen (secondary N) is 1. The first-order valence-electron chi connectivity index (χ1n) is 8.24. The van der Waals surface area contributed by atoms with E-state index in [2.05, 4.69) is 10.4 Å². The van der Waals surface area contributed by atoms with E-state index in [1.807, 2.05) is 23.2 Å². The molecule has 1 aromatic carbocycles. The summed E-state index contributed by atoms with van der Waals surface area (Å²) in [6, 6.07) is 9.22. The highest BCUT2D eigenvalue weighted by atomic mass is 35.5. The Morgan fingerprint density at radius 2 is 1.82 bits per heavy atom. The summed E-state index contributed by atoms with van der Waals surface area (Å²) in [6.45, 7) is 1.55. The van der Waals surface area contributed by atoms with Gasteiger partial charge in [-0.1, -0.05) is 17.7 Å². The van der Waals surface area contributed by atoms with Gasteiger partial charge in [-0.15, -0.1) is 0 Å². The Morgan fingerprint density at radius 3 is 2.39 bits per heavy atom. The second-order valence-electron chi connectivity index (χ2n) is 6.10. The summed E-state index contributed by atoms with van der Waals surface area (Å²) >= 11 is 5.94. The number of amides is 1. The van der Waals surface area contributed by atoms with Crippen LogP contribution in [0, 0.1) is 0 Å². The molecule has 1 aliphatic heterocycles. The maximum absolute atomic E-state index is 12.2. The van der Waals surface area contributed by atoms with Crippen molar-refractivity contribution in [3.05, 3.63) is 41.0 Å². The van der Waals surface area contributed by atoms with Crippen LogP contribution in [0.25, 0.3) is 10.9 Å². The highest BCUT2D eigenvalue weighted by molar-refractivity contribution is 6.31. The predicted molar refractivity (Wildman–Crippen MR) is 96.7 cm³/mol. The van der Waals surface area contributed by atoms with E-state index in [0.717, 1.165) is 36.8 Å². The van der Waals surface area contributed by atoms with E-state index in [9.17, 15) is 18.0 Å². The predicted octanol–water partition coefficient (Wildman–Crippen LogP) is 2.59. The molecule has 1 amide bonds. The molecule has 2 heterocycles. The zero-order valence-electron chi connectivity index (χ0n) is 14.5. The summed E-state index contributed by atoms with van der Waals surface area (Å²) in [5, 5.41) is 10.6. The average Bonchev–Trinajstić information content (AvgIpc) is 2.63. The number of nitrogens with two attached hydrogens (primary N) is 1. The standard InChI is InChI=1S/C15H17ClN4O.C2HF3O2/c16-11-2-4-13-10(9-11)1-3-14(18-13)15(21)19-20-7-5-12(17)6-8-20;3-2(4,5)1(6)7/h1-4,9,12H,5-8,17H2,(H,19,21);(H,6,7). The van der Waals surface area contributed by atoms with Crippen LogP contribution in [0.1, 0.15) is 23.3 Å². The summed E-state index contributed by atoms with van der Waals surface area (Å²) in [5.41, 5.74) is 9.89. The quantitative estimate of drug-likeness (QED) is 0.691. The number of pyridine rings is 1. The van der Waals surface area contributed by atoms with Gasteiger partial charge in [0.1, 0.15) is 5.69 Å². The molecule has 11 heteroatoms. The zero-order valence-corrected chi connectivity index (χ0v) is 15.3. The average molecular weight is 419 g/mol. The Morgan fingerprint density at radius 1 is 1.21 bits per heavy atom. The van der Waals surface area contributed by atoms with Gasteiger partial charge < -0.3 is 10.8 Å². The Labute approximate surface area is 163 Å². The Bertz CT molecular complexity index is 855. The van der Waals surface area contributed by atoms with Crippen molar-refractivity contribution in [3.8, 4) is 0 Å². The lowest BCUT2D eigenvalue weighted by Gasteiger charge is -2.30. The molecule has 0 atom stereocenters. The molecule has 1 saturated heterocycles. The minimum atomic E-state index is -5.08. The van der Waals surface area contributed by atoms with E-state index in [4.69, 9.17) is 27.2 Å². The van der Waals surface area contributed by atoms with Crippen molar-refractivity contribution in [2.24, 2.45) is 5.73 Å². The van der Waals surface area contributed by atoms with E-state index in [-0.39, 0.29) is 11.9 Å². The molecule has 1 aromatic heterocycles.